The van der Waals surface area contributed by atoms with Crippen molar-refractivity contribution in [3.63, 3.8) is 0 Å². The molecule has 1 aromatic heterocycles. The highest BCUT2D eigenvalue weighted by atomic mass is 127. The molecule has 0 saturated carbocycles. The van der Waals surface area contributed by atoms with Crippen LogP contribution in [0.2, 0.25) is 0 Å². The Hall–Kier alpha value is -0.860. The average Bonchev–Trinajstić information content (AvgIpc) is 2.90. The lowest BCUT2D eigenvalue weighted by Crippen LogP contribution is -2.39. The van der Waals surface area contributed by atoms with Gasteiger partial charge in [0.05, 0.1) is 0 Å². The second kappa shape index (κ2) is 12.7. The van der Waals surface area contributed by atoms with E-state index in [2.05, 4.69) is 46.5 Å². The van der Waals surface area contributed by atoms with Crippen LogP contribution < -0.4 is 10.6 Å². The number of aliphatic imine (C=N–C) groups is 1. The van der Waals surface area contributed by atoms with Gasteiger partial charge < -0.3 is 10.6 Å². The first-order chi connectivity index (χ1) is 10.2. The smallest absolute Gasteiger partial charge is 0.191 e. The van der Waals surface area contributed by atoms with Crippen molar-refractivity contribution in [2.75, 3.05) is 13.1 Å². The Labute approximate surface area is 151 Å². The molecule has 0 spiro atoms. The van der Waals surface area contributed by atoms with Crippen molar-refractivity contribution in [2.24, 2.45) is 18.0 Å². The molecule has 0 bridgehead atoms. The Kier molecular flexibility index (Phi) is 12.2. The van der Waals surface area contributed by atoms with E-state index in [4.69, 9.17) is 0 Å². The Morgan fingerprint density at radius 2 is 2.09 bits per heavy atom. The van der Waals surface area contributed by atoms with Crippen molar-refractivity contribution in [1.29, 1.82) is 0 Å². The van der Waals surface area contributed by atoms with Gasteiger partial charge in [-0.2, -0.15) is 5.10 Å². The number of hydrogen-bond donors (Lipinski definition) is 2. The number of nitrogens with one attached hydrogen (secondary N) is 2. The number of guanidine groups is 1. The highest BCUT2D eigenvalue weighted by Crippen LogP contribution is 2.11. The first-order valence-corrected chi connectivity index (χ1v) is 8.06. The molecule has 22 heavy (non-hydrogen) atoms. The molecule has 0 radical (unpaired) electrons. The van der Waals surface area contributed by atoms with Crippen LogP contribution in [0.4, 0.5) is 0 Å². The number of rotatable bonds is 9. The van der Waals surface area contributed by atoms with E-state index in [1.807, 2.05) is 7.05 Å². The summed E-state index contributed by atoms with van der Waals surface area (Å²) in [6.45, 7) is 8.95. The Morgan fingerprint density at radius 1 is 1.32 bits per heavy atom. The molecule has 1 aromatic rings. The van der Waals surface area contributed by atoms with Gasteiger partial charge in [0.1, 0.15) is 18.7 Å². The monoisotopic (exact) mass is 422 g/mol. The predicted octanol–water partition coefficient (Wildman–Crippen LogP) is 2.70. The van der Waals surface area contributed by atoms with E-state index in [0.29, 0.717) is 12.5 Å². The summed E-state index contributed by atoms with van der Waals surface area (Å²) in [7, 11) is 1.88. The molecule has 1 atom stereocenters. The summed E-state index contributed by atoms with van der Waals surface area (Å²) >= 11 is 0. The van der Waals surface area contributed by atoms with Crippen molar-refractivity contribution in [1.82, 2.24) is 25.4 Å². The van der Waals surface area contributed by atoms with Crippen molar-refractivity contribution in [3.8, 4) is 0 Å². The van der Waals surface area contributed by atoms with E-state index >= 15 is 0 Å². The minimum Gasteiger partial charge on any atom is -0.357 e. The molecule has 7 heteroatoms. The maximum atomic E-state index is 4.57. The van der Waals surface area contributed by atoms with E-state index < -0.39 is 0 Å². The molecule has 1 heterocycles. The van der Waals surface area contributed by atoms with E-state index in [1.165, 1.54) is 25.7 Å². The molecule has 0 aliphatic carbocycles. The van der Waals surface area contributed by atoms with Gasteiger partial charge in [-0.15, -0.1) is 24.0 Å². The molecule has 2 N–H and O–H groups in total. The number of hydrogen-bond acceptors (Lipinski definition) is 3. The van der Waals surface area contributed by atoms with Gasteiger partial charge >= 0.3 is 0 Å². The molecule has 1 rings (SSSR count). The first kappa shape index (κ1) is 21.1. The minimum atomic E-state index is 0. The average molecular weight is 422 g/mol. The fourth-order valence-corrected chi connectivity index (χ4v) is 2.14. The molecular formula is C15H31IN6. The van der Waals surface area contributed by atoms with Crippen molar-refractivity contribution >= 4 is 29.9 Å². The first-order valence-electron chi connectivity index (χ1n) is 8.06. The van der Waals surface area contributed by atoms with Gasteiger partial charge in [-0.3, -0.25) is 4.68 Å². The molecule has 0 amide bonds. The lowest BCUT2D eigenvalue weighted by molar-refractivity contribution is 0.443. The molecule has 6 nitrogen and oxygen atoms in total. The summed E-state index contributed by atoms with van der Waals surface area (Å²) in [5.74, 6) is 2.43. The molecule has 1 unspecified atom stereocenters. The Morgan fingerprint density at radius 3 is 2.64 bits per heavy atom. The highest BCUT2D eigenvalue weighted by molar-refractivity contribution is 14.0. The summed E-state index contributed by atoms with van der Waals surface area (Å²) < 4.78 is 1.75. The zero-order chi connectivity index (χ0) is 15.5. The van der Waals surface area contributed by atoms with Gasteiger partial charge in [0.25, 0.3) is 0 Å². The Bertz CT molecular complexity index is 418. The number of halogens is 1. The number of nitrogens with zero attached hydrogens (tertiary/aromatic N) is 4. The van der Waals surface area contributed by atoms with Crippen molar-refractivity contribution < 1.29 is 0 Å². The quantitative estimate of drug-likeness (QED) is 0.365. The standard InChI is InChI=1S/C15H30N6.HI/c1-5-8-9-13(6-2)10-17-15(16-7-3)18-11-14-19-12-20-21(14)4;/h12-13H,5-11H2,1-4H3,(H2,16,17,18);1H. The van der Waals surface area contributed by atoms with E-state index in [-0.39, 0.29) is 24.0 Å². The number of aromatic nitrogens is 3. The molecule has 0 aliphatic heterocycles. The van der Waals surface area contributed by atoms with Gasteiger partial charge in [-0.1, -0.05) is 33.1 Å². The second-order valence-corrected chi connectivity index (χ2v) is 5.29. The van der Waals surface area contributed by atoms with Crippen LogP contribution in [0.3, 0.4) is 0 Å². The van der Waals surface area contributed by atoms with Crippen LogP contribution in [0.5, 0.6) is 0 Å². The van der Waals surface area contributed by atoms with Gasteiger partial charge in [-0.25, -0.2) is 9.98 Å². The number of unbranched alkanes of at least 4 members (excludes halogenated alkanes) is 1. The SMILES string of the molecule is CCCCC(CC)CNC(=NCc1ncnn1C)NCC.I. The molecule has 128 valence electrons. The third-order valence-corrected chi connectivity index (χ3v) is 3.63. The molecule has 0 aliphatic rings. The third-order valence-electron chi connectivity index (χ3n) is 3.63. The minimum absolute atomic E-state index is 0. The van der Waals surface area contributed by atoms with Crippen LogP contribution in [0, 0.1) is 5.92 Å². The summed E-state index contributed by atoms with van der Waals surface area (Å²) in [5, 5.41) is 10.8. The van der Waals surface area contributed by atoms with Gasteiger partial charge in [0.15, 0.2) is 5.96 Å². The lowest BCUT2D eigenvalue weighted by atomic mass is 9.99. The van der Waals surface area contributed by atoms with Gasteiger partial charge in [0.2, 0.25) is 0 Å². The topological polar surface area (TPSA) is 67.1 Å². The van der Waals surface area contributed by atoms with Crippen LogP contribution in [-0.4, -0.2) is 33.8 Å². The summed E-state index contributed by atoms with van der Waals surface area (Å²) in [5.41, 5.74) is 0. The maximum absolute atomic E-state index is 4.57. The predicted molar refractivity (Wildman–Crippen MR) is 103 cm³/mol. The fraction of sp³-hybridized carbons (Fsp3) is 0.800. The fourth-order valence-electron chi connectivity index (χ4n) is 2.14. The normalized spacial score (nSPS) is 12.6. The van der Waals surface area contributed by atoms with Crippen LogP contribution in [0.25, 0.3) is 0 Å². The molecule has 0 fully saturated rings. The molecule has 0 aromatic carbocycles. The van der Waals surface area contributed by atoms with Crippen molar-refractivity contribution in [2.45, 2.75) is 53.0 Å². The van der Waals surface area contributed by atoms with Gasteiger partial charge in [0, 0.05) is 20.1 Å². The van der Waals surface area contributed by atoms with Crippen LogP contribution in [-0.2, 0) is 13.6 Å². The van der Waals surface area contributed by atoms with Crippen molar-refractivity contribution in [3.05, 3.63) is 12.2 Å². The van der Waals surface area contributed by atoms with Crippen LogP contribution >= 0.6 is 24.0 Å². The lowest BCUT2D eigenvalue weighted by Gasteiger charge is -2.17. The zero-order valence-corrected chi connectivity index (χ0v) is 16.6. The summed E-state index contributed by atoms with van der Waals surface area (Å²) in [6, 6.07) is 0. The van der Waals surface area contributed by atoms with E-state index in [1.54, 1.807) is 11.0 Å². The molecule has 0 saturated heterocycles. The highest BCUT2D eigenvalue weighted by Gasteiger charge is 2.07. The van der Waals surface area contributed by atoms with E-state index in [9.17, 15) is 0 Å². The number of aryl methyl sites for hydroxylation is 1. The van der Waals surface area contributed by atoms with Crippen LogP contribution in [0.1, 0.15) is 52.3 Å². The summed E-state index contributed by atoms with van der Waals surface area (Å²) in [4.78, 5) is 8.76. The van der Waals surface area contributed by atoms with Crippen LogP contribution in [0.15, 0.2) is 11.3 Å². The second-order valence-electron chi connectivity index (χ2n) is 5.29. The molecular weight excluding hydrogens is 391 g/mol. The van der Waals surface area contributed by atoms with Gasteiger partial charge in [-0.05, 0) is 19.3 Å². The zero-order valence-electron chi connectivity index (χ0n) is 14.3. The summed E-state index contributed by atoms with van der Waals surface area (Å²) in [6.07, 6.45) is 6.60. The third kappa shape index (κ3) is 7.95. The Balaban J connectivity index is 0.00000441. The largest absolute Gasteiger partial charge is 0.357 e. The van der Waals surface area contributed by atoms with E-state index in [0.717, 1.165) is 24.9 Å². The maximum Gasteiger partial charge on any atom is 0.191 e.